The van der Waals surface area contributed by atoms with Gasteiger partial charge in [-0.15, -0.1) is 5.10 Å². The summed E-state index contributed by atoms with van der Waals surface area (Å²) in [4.78, 5) is 15.7. The van der Waals surface area contributed by atoms with E-state index in [0.717, 1.165) is 28.7 Å². The van der Waals surface area contributed by atoms with E-state index in [1.54, 1.807) is 12.1 Å². The summed E-state index contributed by atoms with van der Waals surface area (Å²) in [6.07, 6.45) is 0. The fourth-order valence-corrected chi connectivity index (χ4v) is 2.73. The zero-order chi connectivity index (χ0) is 18.1. The zero-order valence-corrected chi connectivity index (χ0v) is 14.3. The lowest BCUT2D eigenvalue weighted by atomic mass is 10.2. The van der Waals surface area contributed by atoms with E-state index < -0.39 is 0 Å². The molecule has 0 aliphatic rings. The molecule has 0 radical (unpaired) electrons. The molecule has 2 heterocycles. The molecule has 4 rings (SSSR count). The number of fused-ring (bicyclic) bond motifs is 1. The Balaban J connectivity index is 1.69. The molecule has 0 aliphatic heterocycles. The van der Waals surface area contributed by atoms with Crippen LogP contribution in [0.25, 0.3) is 33.9 Å². The van der Waals surface area contributed by atoms with Crippen LogP contribution in [0, 0.1) is 0 Å². The summed E-state index contributed by atoms with van der Waals surface area (Å²) in [7, 11) is 0. The third kappa shape index (κ3) is 2.92. The Morgan fingerprint density at radius 3 is 2.88 bits per heavy atom. The first-order chi connectivity index (χ1) is 12.6. The van der Waals surface area contributed by atoms with Crippen molar-refractivity contribution in [1.82, 2.24) is 25.1 Å². The van der Waals surface area contributed by atoms with Crippen LogP contribution >= 0.6 is 0 Å². The molecule has 8 heteroatoms. The molecule has 8 nitrogen and oxygen atoms in total. The van der Waals surface area contributed by atoms with Crippen molar-refractivity contribution in [2.75, 3.05) is 5.32 Å². The van der Waals surface area contributed by atoms with Crippen LogP contribution in [0.15, 0.2) is 47.0 Å². The predicted molar refractivity (Wildman–Crippen MR) is 96.2 cm³/mol. The van der Waals surface area contributed by atoms with Gasteiger partial charge in [-0.2, -0.15) is 4.98 Å². The number of anilines is 1. The highest BCUT2D eigenvalue weighted by molar-refractivity contribution is 5.89. The van der Waals surface area contributed by atoms with Crippen molar-refractivity contribution in [3.63, 3.8) is 0 Å². The van der Waals surface area contributed by atoms with Gasteiger partial charge in [0.2, 0.25) is 11.7 Å². The summed E-state index contributed by atoms with van der Waals surface area (Å²) in [5.41, 5.74) is 3.97. The average Bonchev–Trinajstić information content (AvgIpc) is 3.28. The van der Waals surface area contributed by atoms with E-state index >= 15 is 0 Å². The number of carbonyl (C=O) groups excluding carboxylic acids is 1. The van der Waals surface area contributed by atoms with Crippen molar-refractivity contribution in [3.8, 4) is 22.8 Å². The Morgan fingerprint density at radius 1 is 1.19 bits per heavy atom. The molecule has 2 aromatic heterocycles. The first-order valence-corrected chi connectivity index (χ1v) is 8.19. The molecule has 26 heavy (non-hydrogen) atoms. The van der Waals surface area contributed by atoms with Gasteiger partial charge in [-0.3, -0.25) is 4.79 Å². The van der Waals surface area contributed by atoms with Crippen LogP contribution in [0.4, 0.5) is 5.69 Å². The van der Waals surface area contributed by atoms with Crippen molar-refractivity contribution in [2.45, 2.75) is 20.4 Å². The Labute approximate surface area is 148 Å². The van der Waals surface area contributed by atoms with Crippen molar-refractivity contribution in [1.29, 1.82) is 0 Å². The first kappa shape index (κ1) is 15.9. The van der Waals surface area contributed by atoms with E-state index in [9.17, 15) is 4.79 Å². The number of aromatic nitrogens is 5. The predicted octanol–water partition coefficient (Wildman–Crippen LogP) is 3.13. The van der Waals surface area contributed by atoms with E-state index in [-0.39, 0.29) is 5.91 Å². The minimum absolute atomic E-state index is 0.136. The molecule has 0 saturated carbocycles. The van der Waals surface area contributed by atoms with Crippen LogP contribution in [0.2, 0.25) is 0 Å². The molecule has 130 valence electrons. The van der Waals surface area contributed by atoms with E-state index in [0.29, 0.717) is 17.4 Å². The molecule has 0 aliphatic carbocycles. The summed E-state index contributed by atoms with van der Waals surface area (Å²) >= 11 is 0. The van der Waals surface area contributed by atoms with Gasteiger partial charge in [-0.05, 0) is 43.3 Å². The van der Waals surface area contributed by atoms with Crippen molar-refractivity contribution in [3.05, 3.63) is 42.5 Å². The number of aryl methyl sites for hydroxylation is 1. The van der Waals surface area contributed by atoms with Gasteiger partial charge in [0, 0.05) is 30.3 Å². The highest BCUT2D eigenvalue weighted by atomic mass is 16.5. The molecule has 0 atom stereocenters. The lowest BCUT2D eigenvalue weighted by Crippen LogP contribution is -2.05. The molecule has 2 aromatic carbocycles. The van der Waals surface area contributed by atoms with Crippen LogP contribution in [0.1, 0.15) is 13.8 Å². The number of carbonyl (C=O) groups is 1. The quantitative estimate of drug-likeness (QED) is 0.608. The largest absolute Gasteiger partial charge is 0.334 e. The minimum Gasteiger partial charge on any atom is -0.334 e. The average molecular weight is 348 g/mol. The molecule has 4 aromatic rings. The van der Waals surface area contributed by atoms with E-state index in [1.807, 2.05) is 41.9 Å². The standard InChI is InChI=1S/C18H16N6O2/c1-3-24-16-10-12(7-8-15(16)21-23-24)17-20-18(26-22-17)13-5-4-6-14(9-13)19-11(2)25/h4-10H,3H2,1-2H3,(H,19,25). The van der Waals surface area contributed by atoms with Crippen molar-refractivity contribution < 1.29 is 9.32 Å². The Morgan fingerprint density at radius 2 is 2.08 bits per heavy atom. The maximum Gasteiger partial charge on any atom is 0.258 e. The SMILES string of the molecule is CCn1nnc2ccc(-c3noc(-c4cccc(NC(C)=O)c4)n3)cc21. The molecule has 1 amide bonds. The molecule has 1 N–H and O–H groups in total. The molecule has 0 spiro atoms. The maximum absolute atomic E-state index is 11.2. The number of hydrogen-bond acceptors (Lipinski definition) is 6. The van der Waals surface area contributed by atoms with Gasteiger partial charge in [-0.1, -0.05) is 16.4 Å². The highest BCUT2D eigenvalue weighted by Gasteiger charge is 2.13. The topological polar surface area (TPSA) is 98.7 Å². The molecule has 0 saturated heterocycles. The van der Waals surface area contributed by atoms with Crippen molar-refractivity contribution >= 4 is 22.6 Å². The number of hydrogen-bond donors (Lipinski definition) is 1. The van der Waals surface area contributed by atoms with E-state index in [4.69, 9.17) is 4.52 Å². The van der Waals surface area contributed by atoms with E-state index in [2.05, 4.69) is 25.8 Å². The van der Waals surface area contributed by atoms with Gasteiger partial charge in [-0.25, -0.2) is 4.68 Å². The van der Waals surface area contributed by atoms with Crippen LogP contribution in [0.5, 0.6) is 0 Å². The molecular weight excluding hydrogens is 332 g/mol. The second-order valence-corrected chi connectivity index (χ2v) is 5.79. The fraction of sp³-hybridized carbons (Fsp3) is 0.167. The third-order valence-corrected chi connectivity index (χ3v) is 3.93. The molecule has 0 fully saturated rings. The lowest BCUT2D eigenvalue weighted by Gasteiger charge is -2.02. The summed E-state index contributed by atoms with van der Waals surface area (Å²) in [6.45, 7) is 4.20. The summed E-state index contributed by atoms with van der Waals surface area (Å²) in [6, 6.07) is 13.0. The van der Waals surface area contributed by atoms with Gasteiger partial charge in [0.1, 0.15) is 5.52 Å². The summed E-state index contributed by atoms with van der Waals surface area (Å²) < 4.78 is 7.22. The molecular formula is C18H16N6O2. The summed E-state index contributed by atoms with van der Waals surface area (Å²) in [5.74, 6) is 0.730. The number of rotatable bonds is 4. The Hall–Kier alpha value is -3.55. The smallest absolute Gasteiger partial charge is 0.258 e. The third-order valence-electron chi connectivity index (χ3n) is 3.93. The van der Waals surface area contributed by atoms with Crippen LogP contribution in [-0.4, -0.2) is 31.0 Å². The van der Waals surface area contributed by atoms with Crippen LogP contribution in [-0.2, 0) is 11.3 Å². The minimum atomic E-state index is -0.136. The number of nitrogens with one attached hydrogen (secondary N) is 1. The fourth-order valence-electron chi connectivity index (χ4n) is 2.73. The number of amides is 1. The highest BCUT2D eigenvalue weighted by Crippen LogP contribution is 2.26. The monoisotopic (exact) mass is 348 g/mol. The lowest BCUT2D eigenvalue weighted by molar-refractivity contribution is -0.114. The van der Waals surface area contributed by atoms with Gasteiger partial charge in [0.05, 0.1) is 5.52 Å². The van der Waals surface area contributed by atoms with Crippen LogP contribution in [0.3, 0.4) is 0 Å². The maximum atomic E-state index is 11.2. The van der Waals surface area contributed by atoms with Crippen molar-refractivity contribution in [2.24, 2.45) is 0 Å². The van der Waals surface area contributed by atoms with Crippen LogP contribution < -0.4 is 5.32 Å². The van der Waals surface area contributed by atoms with Gasteiger partial charge in [0.25, 0.3) is 5.89 Å². The van der Waals surface area contributed by atoms with Gasteiger partial charge >= 0.3 is 0 Å². The first-order valence-electron chi connectivity index (χ1n) is 8.19. The Bertz CT molecular complexity index is 1100. The normalized spacial score (nSPS) is 11.0. The number of nitrogens with zero attached hydrogens (tertiary/aromatic N) is 5. The molecule has 0 unspecified atom stereocenters. The zero-order valence-electron chi connectivity index (χ0n) is 14.3. The second kappa shape index (κ2) is 6.40. The van der Waals surface area contributed by atoms with Gasteiger partial charge in [0.15, 0.2) is 0 Å². The molecule has 0 bridgehead atoms. The van der Waals surface area contributed by atoms with Gasteiger partial charge < -0.3 is 9.84 Å². The number of benzene rings is 2. The summed E-state index contributed by atoms with van der Waals surface area (Å²) in [5, 5.41) is 15.0. The Kier molecular flexibility index (Phi) is 3.92. The van der Waals surface area contributed by atoms with E-state index in [1.165, 1.54) is 6.92 Å². The second-order valence-electron chi connectivity index (χ2n) is 5.79.